The Balaban J connectivity index is 0.917. The van der Waals surface area contributed by atoms with Crippen molar-refractivity contribution in [2.45, 2.75) is 0 Å². The predicted molar refractivity (Wildman–Crippen MR) is 398 cm³/mol. The van der Waals surface area contributed by atoms with E-state index in [0.717, 1.165) is 133 Å². The topological polar surface area (TPSA) is 144 Å². The highest BCUT2D eigenvalue weighted by Crippen LogP contribution is 2.45. The van der Waals surface area contributed by atoms with Gasteiger partial charge in [-0.3, -0.25) is 0 Å². The van der Waals surface area contributed by atoms with Crippen molar-refractivity contribution in [2.24, 2.45) is 0 Å². The molecule has 17 rings (SSSR count). The third-order valence-corrected chi connectivity index (χ3v) is 18.2. The minimum absolute atomic E-state index is 0.397. The quantitative estimate of drug-likeness (QED) is 0.110. The van der Waals surface area contributed by atoms with Crippen LogP contribution >= 0.6 is 0 Å². The molecule has 0 N–H and O–H groups in total. The van der Waals surface area contributed by atoms with Crippen LogP contribution < -0.4 is 0 Å². The second-order valence-electron chi connectivity index (χ2n) is 24.3. The van der Waals surface area contributed by atoms with Gasteiger partial charge in [0, 0.05) is 77.2 Å². The van der Waals surface area contributed by atoms with Gasteiger partial charge in [-0.05, 0) is 149 Å². The van der Waals surface area contributed by atoms with Gasteiger partial charge in [-0.2, -0.15) is 10.5 Å². The Morgan fingerprint density at radius 1 is 0.250 bits per heavy atom. The second kappa shape index (κ2) is 25.0. The molecule has 0 radical (unpaired) electrons. The average Bonchev–Trinajstić information content (AvgIpc) is 1.55. The van der Waals surface area contributed by atoms with E-state index in [1.54, 1.807) is 12.1 Å². The normalized spacial score (nSPS) is 11.2. The lowest BCUT2D eigenvalue weighted by atomic mass is 9.94. The maximum atomic E-state index is 10.1. The number of nitriles is 2. The van der Waals surface area contributed by atoms with E-state index in [2.05, 4.69) is 177 Å². The second-order valence-corrected chi connectivity index (χ2v) is 24.3. The summed E-state index contributed by atoms with van der Waals surface area (Å²) in [4.78, 5) is 38.6. The van der Waals surface area contributed by atoms with Crippen LogP contribution in [0.4, 0.5) is 11.4 Å². The summed E-state index contributed by atoms with van der Waals surface area (Å²) in [5, 5.41) is 24.2. The SMILES string of the molecule is [C-]#[N+]c1cc(C#N)cc(-c2ccc3c(c2)c2ccccc2n3-c2ccc(-c3nc(-c4ccccc4)nc(-c4ccccc4)n3)cc2-c2cccc(-c3cc(-c4nc(-c5ccccc5)nc(-c5ccccc5)n4)ccc3-n3c4ccccc4c4cc(-c5cc(C#N)cc([N+]#[C-])c5)ccc43)c2)c1. The molecule has 462 valence electrons. The summed E-state index contributed by atoms with van der Waals surface area (Å²) in [6, 6.07) is 106. The number of nitrogens with zero attached hydrogens (tertiary/aromatic N) is 12. The maximum Gasteiger partial charge on any atom is 0.189 e. The molecular weight excluding hydrogens is 1230 g/mol. The lowest BCUT2D eigenvalue weighted by molar-refractivity contribution is 1.07. The van der Waals surface area contributed by atoms with Crippen LogP contribution in [-0.4, -0.2) is 39.0 Å². The van der Waals surface area contributed by atoms with E-state index in [9.17, 15) is 10.5 Å². The molecule has 12 heteroatoms. The highest BCUT2D eigenvalue weighted by molar-refractivity contribution is 6.13. The number of para-hydroxylation sites is 2. The molecule has 0 aliphatic rings. The fourth-order valence-electron chi connectivity index (χ4n) is 13.6. The molecule has 0 saturated heterocycles. The summed E-state index contributed by atoms with van der Waals surface area (Å²) in [6.07, 6.45) is 0. The van der Waals surface area contributed by atoms with Gasteiger partial charge in [0.2, 0.25) is 0 Å². The van der Waals surface area contributed by atoms with Gasteiger partial charge in [0.15, 0.2) is 46.3 Å². The minimum Gasteiger partial charge on any atom is -0.309 e. The van der Waals surface area contributed by atoms with Crippen molar-refractivity contribution in [1.82, 2.24) is 39.0 Å². The van der Waals surface area contributed by atoms with E-state index >= 15 is 0 Å². The van der Waals surface area contributed by atoms with Crippen molar-refractivity contribution < 1.29 is 0 Å². The number of hydrogen-bond donors (Lipinski definition) is 0. The summed E-state index contributed by atoms with van der Waals surface area (Å²) < 4.78 is 4.64. The summed E-state index contributed by atoms with van der Waals surface area (Å²) >= 11 is 0. The van der Waals surface area contributed by atoms with E-state index in [-0.39, 0.29) is 0 Å². The molecule has 12 nitrogen and oxygen atoms in total. The summed E-state index contributed by atoms with van der Waals surface area (Å²) in [5.74, 6) is 3.16. The Hall–Kier alpha value is -14.6. The molecule has 0 amide bonds. The molecule has 100 heavy (non-hydrogen) atoms. The zero-order chi connectivity index (χ0) is 67.2. The van der Waals surface area contributed by atoms with Crippen molar-refractivity contribution >= 4 is 55.0 Å². The molecule has 0 spiro atoms. The van der Waals surface area contributed by atoms with E-state index in [0.29, 0.717) is 57.4 Å². The molecule has 0 saturated carbocycles. The van der Waals surface area contributed by atoms with Crippen molar-refractivity contribution in [3.05, 3.63) is 337 Å². The fraction of sp³-hybridized carbons (Fsp3) is 0. The highest BCUT2D eigenvalue weighted by atomic mass is 15.1. The zero-order valence-electron chi connectivity index (χ0n) is 53.2. The molecule has 13 aromatic carbocycles. The largest absolute Gasteiger partial charge is 0.309 e. The van der Waals surface area contributed by atoms with Crippen LogP contribution in [0.25, 0.3) is 178 Å². The summed E-state index contributed by atoms with van der Waals surface area (Å²) in [6.45, 7) is 15.8. The highest BCUT2D eigenvalue weighted by Gasteiger charge is 2.24. The van der Waals surface area contributed by atoms with Crippen LogP contribution in [-0.2, 0) is 0 Å². The molecule has 0 unspecified atom stereocenters. The van der Waals surface area contributed by atoms with Gasteiger partial charge >= 0.3 is 0 Å². The van der Waals surface area contributed by atoms with Gasteiger partial charge in [-0.25, -0.2) is 39.6 Å². The smallest absolute Gasteiger partial charge is 0.189 e. The van der Waals surface area contributed by atoms with Gasteiger partial charge < -0.3 is 9.13 Å². The van der Waals surface area contributed by atoms with Gasteiger partial charge in [0.1, 0.15) is 0 Å². The Morgan fingerprint density at radius 3 is 0.930 bits per heavy atom. The first-order valence-electron chi connectivity index (χ1n) is 32.4. The molecule has 0 atom stereocenters. The molecule has 0 aliphatic carbocycles. The van der Waals surface area contributed by atoms with Crippen LogP contribution in [0.1, 0.15) is 11.1 Å². The van der Waals surface area contributed by atoms with Gasteiger partial charge in [0.05, 0.1) is 58.7 Å². The van der Waals surface area contributed by atoms with Crippen molar-refractivity contribution in [2.75, 3.05) is 0 Å². The third-order valence-electron chi connectivity index (χ3n) is 18.2. The Morgan fingerprint density at radius 2 is 0.570 bits per heavy atom. The first-order valence-corrected chi connectivity index (χ1v) is 32.4. The van der Waals surface area contributed by atoms with Crippen LogP contribution in [0.2, 0.25) is 0 Å². The number of benzene rings is 13. The van der Waals surface area contributed by atoms with E-state index in [1.807, 2.05) is 146 Å². The number of rotatable bonds is 12. The van der Waals surface area contributed by atoms with Crippen LogP contribution in [0.3, 0.4) is 0 Å². The molecular formula is C88H50N12. The van der Waals surface area contributed by atoms with Crippen LogP contribution in [0.15, 0.2) is 303 Å². The number of fused-ring (bicyclic) bond motifs is 6. The molecule has 0 fully saturated rings. The van der Waals surface area contributed by atoms with Crippen molar-refractivity contribution in [3.8, 4) is 136 Å². The Labute approximate surface area is 574 Å². The van der Waals surface area contributed by atoms with E-state index in [1.165, 1.54) is 0 Å². The molecule has 17 aromatic rings. The summed E-state index contributed by atoms with van der Waals surface area (Å²) in [7, 11) is 0. The zero-order valence-corrected chi connectivity index (χ0v) is 53.2. The standard InChI is InChI=1S/C88H50N12/c1-91-69-44-55(53-89)42-67(47-69)61-34-38-81-75(49-61)71-30-15-17-32-77(71)99(81)79-40-36-65(87-95-83(57-20-7-3-8-21-57)93-84(96-87)58-22-9-4-10-23-58)51-73(79)63-28-19-29-64(46-63)74-52-66(88-97-85(59-24-11-5-12-25-59)94-86(98-88)60-26-13-6-14-27-60)37-41-80(74)100-78-33-18-16-31-72(78)76-50-62(35-39-82(76)100)68-43-56(54-90)45-70(48-68)92-2/h3-52H. The molecule has 0 bridgehead atoms. The maximum absolute atomic E-state index is 10.1. The van der Waals surface area contributed by atoms with E-state index in [4.69, 9.17) is 43.0 Å². The number of aromatic nitrogens is 8. The fourth-order valence-corrected chi connectivity index (χ4v) is 13.6. The van der Waals surface area contributed by atoms with Crippen molar-refractivity contribution in [3.63, 3.8) is 0 Å². The molecule has 4 heterocycles. The monoisotopic (exact) mass is 1270 g/mol. The molecule has 4 aromatic heterocycles. The minimum atomic E-state index is 0.397. The van der Waals surface area contributed by atoms with Gasteiger partial charge in [-0.15, -0.1) is 0 Å². The third kappa shape index (κ3) is 10.8. The van der Waals surface area contributed by atoms with Gasteiger partial charge in [-0.1, -0.05) is 188 Å². The average molecular weight is 1280 g/mol. The predicted octanol–water partition coefficient (Wildman–Crippen LogP) is 21.8. The Bertz CT molecular complexity index is 5770. The van der Waals surface area contributed by atoms with Crippen LogP contribution in [0.5, 0.6) is 0 Å². The summed E-state index contributed by atoms with van der Waals surface area (Å²) in [5.41, 5.74) is 19.1. The van der Waals surface area contributed by atoms with Gasteiger partial charge in [0.25, 0.3) is 0 Å². The lowest BCUT2D eigenvalue weighted by Gasteiger charge is -2.19. The Kier molecular flexibility index (Phi) is 14.8. The van der Waals surface area contributed by atoms with E-state index < -0.39 is 0 Å². The molecule has 0 aliphatic heterocycles. The van der Waals surface area contributed by atoms with Crippen LogP contribution in [0, 0.1) is 35.8 Å². The first kappa shape index (κ1) is 59.2. The number of hydrogen-bond acceptors (Lipinski definition) is 8. The first-order chi connectivity index (χ1) is 49.3. The lowest BCUT2D eigenvalue weighted by Crippen LogP contribution is -2.02. The van der Waals surface area contributed by atoms with Crippen molar-refractivity contribution in [1.29, 1.82) is 10.5 Å².